The van der Waals surface area contributed by atoms with Gasteiger partial charge in [0.05, 0.1) is 18.4 Å². The van der Waals surface area contributed by atoms with Gasteiger partial charge in [-0.3, -0.25) is 9.59 Å². The molecule has 0 spiro atoms. The molecule has 3 aromatic carbocycles. The Kier molecular flexibility index (Phi) is 5.05. The highest BCUT2D eigenvalue weighted by molar-refractivity contribution is 6.17. The van der Waals surface area contributed by atoms with E-state index in [1.807, 2.05) is 25.1 Å². The van der Waals surface area contributed by atoms with Gasteiger partial charge in [-0.05, 0) is 49.2 Å². The van der Waals surface area contributed by atoms with Crippen molar-refractivity contribution < 1.29 is 22.8 Å². The highest BCUT2D eigenvalue weighted by atomic mass is 19.1. The summed E-state index contributed by atoms with van der Waals surface area (Å²) in [6.45, 7) is 3.59. The number of halogens is 1. The average Bonchev–Trinajstić information content (AvgIpc) is 3.36. The number of fused-ring (bicyclic) bond motifs is 2. The Hall–Kier alpha value is -4.19. The van der Waals surface area contributed by atoms with Gasteiger partial charge in [0.2, 0.25) is 11.7 Å². The molecule has 5 aromatic rings. The van der Waals surface area contributed by atoms with Crippen LogP contribution in [0.1, 0.15) is 32.8 Å². The second-order valence-electron chi connectivity index (χ2n) is 8.08. The highest BCUT2D eigenvalue weighted by Gasteiger charge is 2.24. The number of benzene rings is 3. The van der Waals surface area contributed by atoms with Gasteiger partial charge >= 0.3 is 0 Å². The van der Waals surface area contributed by atoms with Crippen LogP contribution in [0.5, 0.6) is 0 Å². The largest absolute Gasteiger partial charge is 0.464 e. The molecule has 1 N–H and O–H groups in total. The third kappa shape index (κ3) is 3.80. The topological polar surface area (TPSA) is 72.5 Å². The van der Waals surface area contributed by atoms with E-state index in [0.717, 1.165) is 16.5 Å². The van der Waals surface area contributed by atoms with Gasteiger partial charge in [0, 0.05) is 21.9 Å². The molecule has 164 valence electrons. The van der Waals surface area contributed by atoms with Gasteiger partial charge in [-0.1, -0.05) is 36.4 Å². The molecule has 0 radical (unpaired) electrons. The van der Waals surface area contributed by atoms with Crippen LogP contribution < -0.4 is 5.32 Å². The molecule has 0 aliphatic rings. The molecule has 1 amide bonds. The van der Waals surface area contributed by atoms with Crippen molar-refractivity contribution in [3.05, 3.63) is 101 Å². The number of nitrogens with one attached hydrogen (secondary N) is 1. The molecule has 0 fully saturated rings. The van der Waals surface area contributed by atoms with E-state index in [4.69, 9.17) is 8.83 Å². The van der Waals surface area contributed by atoms with Crippen LogP contribution in [-0.2, 0) is 11.2 Å². The number of aryl methyl sites for hydroxylation is 2. The SMILES string of the molecule is Cc1ccc2c(CC(=O)Nc3c(C(=O)c4ccc(C)c(F)c4)oc4ccccc34)coc2c1. The minimum Gasteiger partial charge on any atom is -0.464 e. The van der Waals surface area contributed by atoms with Crippen LogP contribution >= 0.6 is 0 Å². The van der Waals surface area contributed by atoms with Gasteiger partial charge in [0.15, 0.2) is 5.76 Å². The molecule has 6 heteroatoms. The van der Waals surface area contributed by atoms with Crippen LogP contribution in [0, 0.1) is 19.7 Å². The Morgan fingerprint density at radius 1 is 0.939 bits per heavy atom. The minimum atomic E-state index is -0.510. The monoisotopic (exact) mass is 441 g/mol. The van der Waals surface area contributed by atoms with Gasteiger partial charge in [-0.25, -0.2) is 4.39 Å². The molecule has 0 aliphatic heterocycles. The molecule has 2 aromatic heterocycles. The summed E-state index contributed by atoms with van der Waals surface area (Å²) < 4.78 is 25.5. The lowest BCUT2D eigenvalue weighted by atomic mass is 10.0. The number of ketones is 1. The fourth-order valence-corrected chi connectivity index (χ4v) is 3.88. The van der Waals surface area contributed by atoms with Crippen molar-refractivity contribution in [1.82, 2.24) is 0 Å². The average molecular weight is 441 g/mol. The molecule has 0 aliphatic carbocycles. The summed E-state index contributed by atoms with van der Waals surface area (Å²) >= 11 is 0. The first-order chi connectivity index (χ1) is 15.9. The van der Waals surface area contributed by atoms with Crippen molar-refractivity contribution in [3.63, 3.8) is 0 Å². The number of hydrogen-bond acceptors (Lipinski definition) is 4. The summed E-state index contributed by atoms with van der Waals surface area (Å²) in [4.78, 5) is 26.2. The molecule has 33 heavy (non-hydrogen) atoms. The van der Waals surface area contributed by atoms with Crippen LogP contribution in [0.2, 0.25) is 0 Å². The third-order valence-corrected chi connectivity index (χ3v) is 5.66. The summed E-state index contributed by atoms with van der Waals surface area (Å²) in [5.74, 6) is -1.36. The number of furan rings is 2. The molecule has 0 saturated carbocycles. The predicted molar refractivity (Wildman–Crippen MR) is 124 cm³/mol. The fourth-order valence-electron chi connectivity index (χ4n) is 3.88. The third-order valence-electron chi connectivity index (χ3n) is 5.66. The Labute approximate surface area is 188 Å². The highest BCUT2D eigenvalue weighted by Crippen LogP contribution is 2.33. The van der Waals surface area contributed by atoms with Crippen molar-refractivity contribution >= 4 is 39.3 Å². The minimum absolute atomic E-state index is 0.0412. The summed E-state index contributed by atoms with van der Waals surface area (Å²) in [6.07, 6.45) is 1.63. The summed E-state index contributed by atoms with van der Waals surface area (Å²) in [6, 6.07) is 17.1. The Morgan fingerprint density at radius 2 is 1.76 bits per heavy atom. The van der Waals surface area contributed by atoms with Crippen molar-refractivity contribution in [2.45, 2.75) is 20.3 Å². The van der Waals surface area contributed by atoms with Crippen LogP contribution in [0.3, 0.4) is 0 Å². The van der Waals surface area contributed by atoms with E-state index in [2.05, 4.69) is 5.32 Å². The van der Waals surface area contributed by atoms with Gasteiger partial charge in [0.25, 0.3) is 0 Å². The summed E-state index contributed by atoms with van der Waals surface area (Å²) in [7, 11) is 0. The molecular weight excluding hydrogens is 421 g/mol. The standard InChI is InChI=1S/C27H20FNO4/c1-15-7-10-19-18(14-32-23(19)11-15)13-24(30)29-25-20-5-3-4-6-22(20)33-27(25)26(31)17-9-8-16(2)21(28)12-17/h3-12,14H,13H2,1-2H3,(H,29,30). The van der Waals surface area contributed by atoms with Crippen LogP contribution in [0.25, 0.3) is 21.9 Å². The Bertz CT molecular complexity index is 1540. The molecule has 2 heterocycles. The normalized spacial score (nSPS) is 11.2. The van der Waals surface area contributed by atoms with Gasteiger partial charge < -0.3 is 14.2 Å². The number of carbonyl (C=O) groups excluding carboxylic acids is 2. The second-order valence-corrected chi connectivity index (χ2v) is 8.08. The number of carbonyl (C=O) groups is 2. The quantitative estimate of drug-likeness (QED) is 0.323. The molecule has 0 unspecified atom stereocenters. The number of anilines is 1. The first-order valence-corrected chi connectivity index (χ1v) is 10.5. The van der Waals surface area contributed by atoms with Gasteiger partial charge in [-0.15, -0.1) is 0 Å². The molecule has 5 rings (SSSR count). The van der Waals surface area contributed by atoms with Crippen LogP contribution in [-0.4, -0.2) is 11.7 Å². The van der Waals surface area contributed by atoms with E-state index in [0.29, 0.717) is 22.1 Å². The van der Waals surface area contributed by atoms with Crippen LogP contribution in [0.15, 0.2) is 75.8 Å². The van der Waals surface area contributed by atoms with E-state index < -0.39 is 11.6 Å². The van der Waals surface area contributed by atoms with Gasteiger partial charge in [-0.2, -0.15) is 0 Å². The van der Waals surface area contributed by atoms with Gasteiger partial charge in [0.1, 0.15) is 17.0 Å². The first-order valence-electron chi connectivity index (χ1n) is 10.5. The molecular formula is C27H20FNO4. The summed E-state index contributed by atoms with van der Waals surface area (Å²) in [5.41, 5.74) is 3.82. The zero-order valence-corrected chi connectivity index (χ0v) is 18.1. The first kappa shape index (κ1) is 20.7. The second kappa shape index (κ2) is 8.06. The van der Waals surface area contributed by atoms with E-state index in [1.165, 1.54) is 12.1 Å². The van der Waals surface area contributed by atoms with Crippen molar-refractivity contribution in [2.75, 3.05) is 5.32 Å². The Morgan fingerprint density at radius 3 is 2.58 bits per heavy atom. The van der Waals surface area contributed by atoms with E-state index in [1.54, 1.807) is 43.5 Å². The van der Waals surface area contributed by atoms with E-state index in [9.17, 15) is 14.0 Å². The predicted octanol–water partition coefficient (Wildman–Crippen LogP) is 6.35. The van der Waals surface area contributed by atoms with E-state index in [-0.39, 0.29) is 29.3 Å². The maximum Gasteiger partial charge on any atom is 0.230 e. The van der Waals surface area contributed by atoms with Crippen LogP contribution in [0.4, 0.5) is 10.1 Å². The molecule has 0 bridgehead atoms. The maximum absolute atomic E-state index is 14.1. The molecule has 5 nitrogen and oxygen atoms in total. The maximum atomic E-state index is 14.1. The lowest BCUT2D eigenvalue weighted by Gasteiger charge is -2.06. The fraction of sp³-hybridized carbons (Fsp3) is 0.111. The number of rotatable bonds is 5. The zero-order valence-electron chi connectivity index (χ0n) is 18.1. The van der Waals surface area contributed by atoms with Crippen molar-refractivity contribution in [3.8, 4) is 0 Å². The van der Waals surface area contributed by atoms with E-state index >= 15 is 0 Å². The number of amides is 1. The molecule has 0 atom stereocenters. The Balaban J connectivity index is 1.49. The van der Waals surface area contributed by atoms with Crippen molar-refractivity contribution in [2.24, 2.45) is 0 Å². The molecule has 0 saturated heterocycles. The smallest absolute Gasteiger partial charge is 0.230 e. The number of hydrogen-bond donors (Lipinski definition) is 1. The summed E-state index contributed by atoms with van der Waals surface area (Å²) in [5, 5.41) is 4.29. The van der Waals surface area contributed by atoms with Crippen molar-refractivity contribution in [1.29, 1.82) is 0 Å². The lowest BCUT2D eigenvalue weighted by molar-refractivity contribution is -0.115. The number of para-hydroxylation sites is 1. The zero-order chi connectivity index (χ0) is 23.1. The lowest BCUT2D eigenvalue weighted by Crippen LogP contribution is -2.16.